The van der Waals surface area contributed by atoms with Crippen molar-refractivity contribution in [2.45, 2.75) is 31.6 Å². The quantitative estimate of drug-likeness (QED) is 0.664. The molecule has 4 rings (SSSR count). The van der Waals surface area contributed by atoms with Gasteiger partial charge in [0.15, 0.2) is 5.69 Å². The van der Waals surface area contributed by atoms with Crippen LogP contribution in [0.1, 0.15) is 34.5 Å². The summed E-state index contributed by atoms with van der Waals surface area (Å²) in [6.07, 6.45) is -1.46. The number of aromatic nitrogens is 3. The van der Waals surface area contributed by atoms with E-state index in [0.29, 0.717) is 6.54 Å². The first-order chi connectivity index (χ1) is 13.4. The van der Waals surface area contributed by atoms with Crippen LogP contribution in [0.5, 0.6) is 0 Å². The number of carbonyl (C=O) groups is 1. The fourth-order valence-electron chi connectivity index (χ4n) is 3.07. The predicted octanol–water partition coefficient (Wildman–Crippen LogP) is 4.09. The van der Waals surface area contributed by atoms with Gasteiger partial charge in [0, 0.05) is 12.6 Å². The van der Waals surface area contributed by atoms with Gasteiger partial charge in [-0.25, -0.2) is 4.68 Å². The van der Waals surface area contributed by atoms with Crippen LogP contribution in [-0.2, 0) is 12.7 Å². The second kappa shape index (κ2) is 7.10. The Bertz CT molecular complexity index is 980. The van der Waals surface area contributed by atoms with Gasteiger partial charge >= 0.3 is 6.18 Å². The molecule has 0 saturated heterocycles. The monoisotopic (exact) mass is 386 g/mol. The van der Waals surface area contributed by atoms with Crippen LogP contribution in [0.4, 0.5) is 13.2 Å². The van der Waals surface area contributed by atoms with Gasteiger partial charge in [0.25, 0.3) is 5.91 Å². The lowest BCUT2D eigenvalue weighted by atomic mass is 10.1. The maximum Gasteiger partial charge on any atom is 0.418 e. The van der Waals surface area contributed by atoms with Gasteiger partial charge in [-0.15, -0.1) is 5.10 Å². The molecule has 0 N–H and O–H groups in total. The average Bonchev–Trinajstić information content (AvgIpc) is 3.41. The fourth-order valence-corrected chi connectivity index (χ4v) is 3.07. The number of nitrogens with zero attached hydrogens (tertiary/aromatic N) is 4. The molecule has 0 unspecified atom stereocenters. The number of amides is 1. The molecule has 5 nitrogen and oxygen atoms in total. The Balaban J connectivity index is 1.61. The van der Waals surface area contributed by atoms with E-state index in [9.17, 15) is 18.0 Å². The number of hydrogen-bond acceptors (Lipinski definition) is 3. The van der Waals surface area contributed by atoms with Crippen LogP contribution in [0.2, 0.25) is 0 Å². The number of benzene rings is 2. The number of carbonyl (C=O) groups excluding carboxylic acids is 1. The summed E-state index contributed by atoms with van der Waals surface area (Å²) in [5, 5.41) is 7.61. The Kier molecular flexibility index (Phi) is 4.62. The van der Waals surface area contributed by atoms with Crippen LogP contribution < -0.4 is 0 Å². The molecule has 1 aromatic heterocycles. The van der Waals surface area contributed by atoms with Crippen molar-refractivity contribution in [3.63, 3.8) is 0 Å². The predicted molar refractivity (Wildman–Crippen MR) is 95.7 cm³/mol. The molecule has 2 aromatic carbocycles. The van der Waals surface area contributed by atoms with E-state index in [2.05, 4.69) is 10.3 Å². The first-order valence-corrected chi connectivity index (χ1v) is 8.87. The summed E-state index contributed by atoms with van der Waals surface area (Å²) in [6, 6.07) is 14.8. The standard InChI is InChI=1S/C20H17F3N4O/c21-20(22,23)16-8-4-5-9-18(16)27-13-17(24-25-27)19(28)26(15-10-11-15)12-14-6-2-1-3-7-14/h1-9,13,15H,10-12H2. The van der Waals surface area contributed by atoms with E-state index < -0.39 is 11.7 Å². The van der Waals surface area contributed by atoms with Crippen LogP contribution in [-0.4, -0.2) is 31.8 Å². The van der Waals surface area contributed by atoms with Gasteiger partial charge in [0.05, 0.1) is 17.4 Å². The summed E-state index contributed by atoms with van der Waals surface area (Å²) in [6.45, 7) is 0.427. The van der Waals surface area contributed by atoms with Crippen molar-refractivity contribution < 1.29 is 18.0 Å². The average molecular weight is 386 g/mol. The van der Waals surface area contributed by atoms with E-state index in [-0.39, 0.29) is 23.3 Å². The summed E-state index contributed by atoms with van der Waals surface area (Å²) in [5.74, 6) is -0.331. The zero-order valence-corrected chi connectivity index (χ0v) is 14.8. The molecule has 1 amide bonds. The van der Waals surface area contributed by atoms with Crippen molar-refractivity contribution in [1.82, 2.24) is 19.9 Å². The molecule has 3 aromatic rings. The Morgan fingerprint density at radius 1 is 1.07 bits per heavy atom. The third-order valence-corrected chi connectivity index (χ3v) is 4.61. The van der Waals surface area contributed by atoms with Crippen molar-refractivity contribution in [2.75, 3.05) is 0 Å². The molecule has 1 aliphatic rings. The third kappa shape index (κ3) is 3.76. The van der Waals surface area contributed by atoms with Crippen molar-refractivity contribution >= 4 is 5.91 Å². The Morgan fingerprint density at radius 2 is 1.75 bits per heavy atom. The lowest BCUT2D eigenvalue weighted by Gasteiger charge is -2.21. The van der Waals surface area contributed by atoms with E-state index >= 15 is 0 Å². The molecule has 8 heteroatoms. The highest BCUT2D eigenvalue weighted by molar-refractivity contribution is 5.92. The van der Waals surface area contributed by atoms with Gasteiger partial charge in [0.1, 0.15) is 0 Å². The summed E-state index contributed by atoms with van der Waals surface area (Å²) in [4.78, 5) is 14.7. The zero-order chi connectivity index (χ0) is 19.7. The largest absolute Gasteiger partial charge is 0.418 e. The van der Waals surface area contributed by atoms with E-state index in [4.69, 9.17) is 0 Å². The molecule has 144 valence electrons. The van der Waals surface area contributed by atoms with Gasteiger partial charge in [-0.1, -0.05) is 47.7 Å². The first kappa shape index (κ1) is 18.2. The van der Waals surface area contributed by atoms with Gasteiger partial charge in [-0.3, -0.25) is 4.79 Å². The Hall–Kier alpha value is -3.16. The third-order valence-electron chi connectivity index (χ3n) is 4.61. The molecule has 1 heterocycles. The smallest absolute Gasteiger partial charge is 0.330 e. The maximum absolute atomic E-state index is 13.2. The maximum atomic E-state index is 13.2. The Labute approximate surface area is 159 Å². The SMILES string of the molecule is O=C(c1cn(-c2ccccc2C(F)(F)F)nn1)N(Cc1ccccc1)C1CC1. The molecule has 1 saturated carbocycles. The molecular weight excluding hydrogens is 369 g/mol. The lowest BCUT2D eigenvalue weighted by molar-refractivity contribution is -0.137. The highest BCUT2D eigenvalue weighted by Gasteiger charge is 2.36. The summed E-state index contributed by atoms with van der Waals surface area (Å²) >= 11 is 0. The minimum Gasteiger partial charge on any atom is -0.330 e. The van der Waals surface area contributed by atoms with E-state index in [1.165, 1.54) is 24.4 Å². The van der Waals surface area contributed by atoms with Crippen LogP contribution in [0.25, 0.3) is 5.69 Å². The van der Waals surface area contributed by atoms with Gasteiger partial charge in [-0.05, 0) is 30.5 Å². The van der Waals surface area contributed by atoms with Crippen molar-refractivity contribution in [1.29, 1.82) is 0 Å². The minimum atomic E-state index is -4.53. The van der Waals surface area contributed by atoms with E-state index in [1.54, 1.807) is 4.90 Å². The normalized spacial score (nSPS) is 14.1. The first-order valence-electron chi connectivity index (χ1n) is 8.87. The van der Waals surface area contributed by atoms with Crippen molar-refractivity contribution in [2.24, 2.45) is 0 Å². The highest BCUT2D eigenvalue weighted by Crippen LogP contribution is 2.34. The molecule has 0 aliphatic heterocycles. The number of para-hydroxylation sites is 1. The molecule has 28 heavy (non-hydrogen) atoms. The second-order valence-electron chi connectivity index (χ2n) is 6.71. The topological polar surface area (TPSA) is 51.0 Å². The second-order valence-corrected chi connectivity index (χ2v) is 6.71. The van der Waals surface area contributed by atoms with Gasteiger partial charge in [0.2, 0.25) is 0 Å². The lowest BCUT2D eigenvalue weighted by Crippen LogP contribution is -2.32. The molecule has 1 aliphatic carbocycles. The molecule has 0 radical (unpaired) electrons. The van der Waals surface area contributed by atoms with Crippen molar-refractivity contribution in [3.05, 3.63) is 77.6 Å². The minimum absolute atomic E-state index is 0.0276. The fraction of sp³-hybridized carbons (Fsp3) is 0.250. The highest BCUT2D eigenvalue weighted by atomic mass is 19.4. The number of halogens is 3. The molecule has 1 fully saturated rings. The molecule has 0 spiro atoms. The van der Waals surface area contributed by atoms with Crippen LogP contribution in [0, 0.1) is 0 Å². The van der Waals surface area contributed by atoms with E-state index in [1.807, 2.05) is 30.3 Å². The Morgan fingerprint density at radius 3 is 2.43 bits per heavy atom. The van der Waals surface area contributed by atoms with E-state index in [0.717, 1.165) is 29.2 Å². The zero-order valence-electron chi connectivity index (χ0n) is 14.8. The molecular formula is C20H17F3N4O. The summed E-state index contributed by atoms with van der Waals surface area (Å²) < 4.78 is 40.7. The molecule has 0 bridgehead atoms. The van der Waals surface area contributed by atoms with Crippen LogP contribution in [0.3, 0.4) is 0 Å². The van der Waals surface area contributed by atoms with Crippen LogP contribution in [0.15, 0.2) is 60.8 Å². The molecule has 0 atom stereocenters. The summed E-state index contributed by atoms with van der Waals surface area (Å²) in [5.41, 5.74) is 0.0159. The van der Waals surface area contributed by atoms with Crippen molar-refractivity contribution in [3.8, 4) is 5.69 Å². The van der Waals surface area contributed by atoms with Gasteiger partial charge < -0.3 is 4.90 Å². The van der Waals surface area contributed by atoms with Gasteiger partial charge in [-0.2, -0.15) is 13.2 Å². The van der Waals surface area contributed by atoms with Crippen LogP contribution >= 0.6 is 0 Å². The number of rotatable bonds is 5. The number of hydrogen-bond donors (Lipinski definition) is 0. The number of alkyl halides is 3. The summed E-state index contributed by atoms with van der Waals surface area (Å²) in [7, 11) is 0.